The molecule has 0 aliphatic heterocycles. The number of ether oxygens (including phenoxy) is 1. The van der Waals surface area contributed by atoms with E-state index < -0.39 is 10.1 Å². The van der Waals surface area contributed by atoms with Crippen molar-refractivity contribution in [2.45, 2.75) is 31.3 Å². The van der Waals surface area contributed by atoms with Crippen LogP contribution in [0.2, 0.25) is 0 Å². The van der Waals surface area contributed by atoms with Gasteiger partial charge < -0.3 is 4.74 Å². The maximum atomic E-state index is 11.1. The van der Waals surface area contributed by atoms with Crippen LogP contribution in [0.4, 0.5) is 0 Å². The van der Waals surface area contributed by atoms with E-state index >= 15 is 0 Å². The lowest BCUT2D eigenvalue weighted by Gasteiger charge is -2.13. The van der Waals surface area contributed by atoms with Crippen LogP contribution in [0.1, 0.15) is 20.3 Å². The Labute approximate surface area is 112 Å². The van der Waals surface area contributed by atoms with Gasteiger partial charge in [0.05, 0.1) is 11.0 Å². The first-order valence-corrected chi connectivity index (χ1v) is 7.52. The lowest BCUT2D eigenvalue weighted by molar-refractivity contribution is 0.218. The van der Waals surface area contributed by atoms with E-state index in [0.717, 1.165) is 22.9 Å². The van der Waals surface area contributed by atoms with Crippen molar-refractivity contribution in [3.8, 4) is 5.75 Å². The molecule has 19 heavy (non-hydrogen) atoms. The molecule has 0 saturated carbocycles. The summed E-state index contributed by atoms with van der Waals surface area (Å²) in [6.45, 7) is 4.04. The van der Waals surface area contributed by atoms with Crippen LogP contribution in [0.25, 0.3) is 10.8 Å². The fourth-order valence-electron chi connectivity index (χ4n) is 1.75. The van der Waals surface area contributed by atoms with Gasteiger partial charge >= 0.3 is 0 Å². The van der Waals surface area contributed by atoms with E-state index in [1.807, 2.05) is 19.9 Å². The molecule has 2 aromatic rings. The molecule has 0 fully saturated rings. The average molecular weight is 280 g/mol. The van der Waals surface area contributed by atoms with E-state index in [-0.39, 0.29) is 11.0 Å². The Morgan fingerprint density at radius 1 is 1.16 bits per heavy atom. The van der Waals surface area contributed by atoms with E-state index in [9.17, 15) is 8.42 Å². The first-order chi connectivity index (χ1) is 8.90. The smallest absolute Gasteiger partial charge is 0.294 e. The standard InChI is InChI=1S/C14H16O4S/c1-3-10(2)18-13-6-4-12-9-14(19(15,16)17)7-5-11(12)8-13/h4-10H,3H2,1-2H3,(H,15,16,17). The molecule has 0 amide bonds. The van der Waals surface area contributed by atoms with Crippen molar-refractivity contribution in [2.24, 2.45) is 0 Å². The van der Waals surface area contributed by atoms with E-state index in [4.69, 9.17) is 9.29 Å². The first kappa shape index (κ1) is 13.8. The van der Waals surface area contributed by atoms with Gasteiger partial charge in [-0.05, 0) is 48.4 Å². The van der Waals surface area contributed by atoms with Crippen LogP contribution in [-0.2, 0) is 10.1 Å². The van der Waals surface area contributed by atoms with Crippen molar-refractivity contribution in [3.05, 3.63) is 36.4 Å². The van der Waals surface area contributed by atoms with Crippen molar-refractivity contribution < 1.29 is 17.7 Å². The SMILES string of the molecule is CCC(C)Oc1ccc2cc(S(=O)(=O)O)ccc2c1. The molecule has 0 spiro atoms. The van der Waals surface area contributed by atoms with Crippen LogP contribution in [-0.4, -0.2) is 19.1 Å². The molecule has 1 atom stereocenters. The fraction of sp³-hybridized carbons (Fsp3) is 0.286. The van der Waals surface area contributed by atoms with E-state index in [1.165, 1.54) is 12.1 Å². The van der Waals surface area contributed by atoms with E-state index in [2.05, 4.69) is 0 Å². The molecule has 0 bridgehead atoms. The van der Waals surface area contributed by atoms with Gasteiger partial charge in [-0.25, -0.2) is 0 Å². The Bertz CT molecular complexity index is 692. The minimum absolute atomic E-state index is 0.101. The lowest BCUT2D eigenvalue weighted by Crippen LogP contribution is -2.09. The zero-order valence-corrected chi connectivity index (χ0v) is 11.6. The van der Waals surface area contributed by atoms with Crippen LogP contribution in [0.3, 0.4) is 0 Å². The summed E-state index contributed by atoms with van der Waals surface area (Å²) in [6, 6.07) is 9.91. The highest BCUT2D eigenvalue weighted by Crippen LogP contribution is 2.24. The molecule has 0 aliphatic rings. The first-order valence-electron chi connectivity index (χ1n) is 6.08. The van der Waals surface area contributed by atoms with Gasteiger partial charge in [-0.2, -0.15) is 8.42 Å². The van der Waals surface area contributed by atoms with Gasteiger partial charge in [-0.3, -0.25) is 4.55 Å². The van der Waals surface area contributed by atoms with Crippen molar-refractivity contribution >= 4 is 20.9 Å². The number of fused-ring (bicyclic) bond motifs is 1. The Morgan fingerprint density at radius 2 is 1.79 bits per heavy atom. The lowest BCUT2D eigenvalue weighted by atomic mass is 10.1. The summed E-state index contributed by atoms with van der Waals surface area (Å²) >= 11 is 0. The summed E-state index contributed by atoms with van der Waals surface area (Å²) in [6.07, 6.45) is 1.05. The highest BCUT2D eigenvalue weighted by Gasteiger charge is 2.10. The second-order valence-electron chi connectivity index (χ2n) is 4.48. The molecule has 0 radical (unpaired) electrons. The van der Waals surface area contributed by atoms with Gasteiger partial charge in [0.15, 0.2) is 0 Å². The fourth-order valence-corrected chi connectivity index (χ4v) is 2.27. The van der Waals surface area contributed by atoms with Crippen LogP contribution >= 0.6 is 0 Å². The normalized spacial score (nSPS) is 13.4. The molecule has 4 nitrogen and oxygen atoms in total. The summed E-state index contributed by atoms with van der Waals surface area (Å²) < 4.78 is 36.8. The molecule has 5 heteroatoms. The predicted octanol–water partition coefficient (Wildman–Crippen LogP) is 3.26. The zero-order valence-electron chi connectivity index (χ0n) is 10.8. The third-order valence-corrected chi connectivity index (χ3v) is 3.84. The largest absolute Gasteiger partial charge is 0.491 e. The molecule has 0 heterocycles. The monoisotopic (exact) mass is 280 g/mol. The van der Waals surface area contributed by atoms with Crippen molar-refractivity contribution in [3.63, 3.8) is 0 Å². The van der Waals surface area contributed by atoms with Crippen LogP contribution in [0, 0.1) is 0 Å². The van der Waals surface area contributed by atoms with E-state index in [0.29, 0.717) is 0 Å². The summed E-state index contributed by atoms with van der Waals surface area (Å²) in [7, 11) is -4.16. The van der Waals surface area contributed by atoms with Gasteiger partial charge in [0, 0.05) is 0 Å². The predicted molar refractivity (Wildman–Crippen MR) is 74.1 cm³/mol. The Morgan fingerprint density at radius 3 is 2.42 bits per heavy atom. The summed E-state index contributed by atoms with van der Waals surface area (Å²) in [5.41, 5.74) is 0. The third-order valence-electron chi connectivity index (χ3n) is 2.99. The van der Waals surface area contributed by atoms with Crippen LogP contribution < -0.4 is 4.74 Å². The zero-order chi connectivity index (χ0) is 14.0. The van der Waals surface area contributed by atoms with Gasteiger partial charge in [-0.1, -0.05) is 19.1 Å². The minimum atomic E-state index is -4.16. The van der Waals surface area contributed by atoms with Crippen LogP contribution in [0.5, 0.6) is 5.75 Å². The number of rotatable bonds is 4. The number of benzene rings is 2. The Hall–Kier alpha value is -1.59. The molecule has 1 N–H and O–H groups in total. The second-order valence-corrected chi connectivity index (χ2v) is 5.90. The Balaban J connectivity index is 2.41. The maximum Gasteiger partial charge on any atom is 0.294 e. The highest BCUT2D eigenvalue weighted by atomic mass is 32.2. The topological polar surface area (TPSA) is 63.6 Å². The van der Waals surface area contributed by atoms with Crippen LogP contribution in [0.15, 0.2) is 41.3 Å². The van der Waals surface area contributed by atoms with Gasteiger partial charge in [0.2, 0.25) is 0 Å². The number of hydrogen-bond acceptors (Lipinski definition) is 3. The molecule has 0 aromatic heterocycles. The highest BCUT2D eigenvalue weighted by molar-refractivity contribution is 7.85. The quantitative estimate of drug-likeness (QED) is 0.873. The summed E-state index contributed by atoms with van der Waals surface area (Å²) in [5.74, 6) is 0.751. The molecule has 2 aromatic carbocycles. The molecule has 2 rings (SSSR count). The summed E-state index contributed by atoms with van der Waals surface area (Å²) in [5, 5.41) is 1.61. The average Bonchev–Trinajstić information content (AvgIpc) is 2.36. The molecular formula is C14H16O4S. The minimum Gasteiger partial charge on any atom is -0.491 e. The van der Waals surface area contributed by atoms with Gasteiger partial charge in [-0.15, -0.1) is 0 Å². The van der Waals surface area contributed by atoms with E-state index in [1.54, 1.807) is 18.2 Å². The molecular weight excluding hydrogens is 264 g/mol. The summed E-state index contributed by atoms with van der Waals surface area (Å²) in [4.78, 5) is -0.101. The maximum absolute atomic E-state index is 11.1. The third kappa shape index (κ3) is 3.24. The second kappa shape index (κ2) is 5.19. The van der Waals surface area contributed by atoms with Crippen molar-refractivity contribution in [2.75, 3.05) is 0 Å². The van der Waals surface area contributed by atoms with Crippen molar-refractivity contribution in [1.29, 1.82) is 0 Å². The van der Waals surface area contributed by atoms with Gasteiger partial charge in [0.25, 0.3) is 10.1 Å². The number of hydrogen-bond donors (Lipinski definition) is 1. The Kier molecular flexibility index (Phi) is 3.78. The molecule has 0 aliphatic carbocycles. The van der Waals surface area contributed by atoms with Gasteiger partial charge in [0.1, 0.15) is 5.75 Å². The van der Waals surface area contributed by atoms with Crippen molar-refractivity contribution in [1.82, 2.24) is 0 Å². The molecule has 102 valence electrons. The molecule has 1 unspecified atom stereocenters. The molecule has 0 saturated heterocycles.